The number of rotatable bonds is 0. The van der Waals surface area contributed by atoms with Crippen LogP contribution in [0, 0.1) is 0 Å². The van der Waals surface area contributed by atoms with Crippen LogP contribution in [0.1, 0.15) is 12.8 Å². The highest BCUT2D eigenvalue weighted by Gasteiger charge is 2.31. The molecule has 3 heteroatoms. The van der Waals surface area contributed by atoms with Crippen LogP contribution in [0.3, 0.4) is 0 Å². The Balaban J connectivity index is 2.10. The summed E-state index contributed by atoms with van der Waals surface area (Å²) in [4.78, 5) is 13.2. The molecule has 2 heterocycles. The number of carbonyl (C=O) groups excluding carboxylic acids is 1. The molecule has 0 saturated carbocycles. The second-order valence-corrected chi connectivity index (χ2v) is 3.93. The Morgan fingerprint density at radius 2 is 2.50 bits per heavy atom. The molecule has 2 rings (SSSR count). The molecule has 0 spiro atoms. The summed E-state index contributed by atoms with van der Waals surface area (Å²) in [6.07, 6.45) is 2.45. The van der Waals surface area contributed by atoms with Gasteiger partial charge in [-0.25, -0.2) is 0 Å². The highest BCUT2D eigenvalue weighted by molar-refractivity contribution is 8.00. The molecule has 2 nitrogen and oxygen atoms in total. The van der Waals surface area contributed by atoms with E-state index in [2.05, 4.69) is 4.90 Å². The van der Waals surface area contributed by atoms with Crippen molar-refractivity contribution in [3.05, 3.63) is 0 Å². The van der Waals surface area contributed by atoms with E-state index in [0.717, 1.165) is 12.3 Å². The van der Waals surface area contributed by atoms with Crippen LogP contribution in [0.15, 0.2) is 0 Å². The topological polar surface area (TPSA) is 20.3 Å². The molecule has 0 aliphatic carbocycles. The molecule has 10 heavy (non-hydrogen) atoms. The van der Waals surface area contributed by atoms with Gasteiger partial charge in [-0.15, -0.1) is 11.8 Å². The Hall–Kier alpha value is -0.180. The molecular weight excluding hydrogens is 146 g/mol. The van der Waals surface area contributed by atoms with Gasteiger partial charge in [0, 0.05) is 18.3 Å². The first-order chi connectivity index (χ1) is 4.88. The molecule has 2 fully saturated rings. The molecule has 0 radical (unpaired) electrons. The van der Waals surface area contributed by atoms with Crippen molar-refractivity contribution >= 4 is 17.7 Å². The predicted octanol–water partition coefficient (Wildman–Crippen LogP) is 0.724. The van der Waals surface area contributed by atoms with Crippen molar-refractivity contribution in [2.24, 2.45) is 0 Å². The smallest absolute Gasteiger partial charge is 0.232 e. The van der Waals surface area contributed by atoms with E-state index < -0.39 is 0 Å². The van der Waals surface area contributed by atoms with Crippen molar-refractivity contribution in [3.63, 3.8) is 0 Å². The number of hydrogen-bond donors (Lipinski definition) is 0. The van der Waals surface area contributed by atoms with E-state index in [0.29, 0.717) is 11.9 Å². The monoisotopic (exact) mass is 157 g/mol. The Bertz CT molecular complexity index is 160. The van der Waals surface area contributed by atoms with Gasteiger partial charge >= 0.3 is 0 Å². The number of hydrogen-bond acceptors (Lipinski definition) is 2. The Kier molecular flexibility index (Phi) is 1.60. The highest BCUT2D eigenvalue weighted by Crippen LogP contribution is 2.25. The number of nitrogens with zero attached hydrogens (tertiary/aromatic N) is 1. The molecule has 56 valence electrons. The lowest BCUT2D eigenvalue weighted by Crippen LogP contribution is -2.41. The minimum Gasteiger partial charge on any atom is -0.338 e. The van der Waals surface area contributed by atoms with Crippen LogP contribution in [0.5, 0.6) is 0 Å². The van der Waals surface area contributed by atoms with E-state index in [1.807, 2.05) is 0 Å². The lowest BCUT2D eigenvalue weighted by molar-refractivity contribution is -0.129. The summed E-state index contributed by atoms with van der Waals surface area (Å²) in [7, 11) is 0. The van der Waals surface area contributed by atoms with Gasteiger partial charge in [0.1, 0.15) is 0 Å². The number of thioether (sulfide) groups is 1. The second kappa shape index (κ2) is 2.46. The summed E-state index contributed by atoms with van der Waals surface area (Å²) in [5, 5.41) is 0. The van der Waals surface area contributed by atoms with Crippen LogP contribution < -0.4 is 0 Å². The Labute approximate surface area is 65.0 Å². The van der Waals surface area contributed by atoms with E-state index in [4.69, 9.17) is 0 Å². The van der Waals surface area contributed by atoms with Crippen LogP contribution >= 0.6 is 11.8 Å². The first kappa shape index (κ1) is 6.53. The first-order valence-corrected chi connectivity index (χ1v) is 4.90. The minimum absolute atomic E-state index is 0.360. The lowest BCUT2D eigenvalue weighted by Gasteiger charge is -2.28. The molecule has 2 aliphatic heterocycles. The van der Waals surface area contributed by atoms with Crippen LogP contribution in [0.4, 0.5) is 0 Å². The third kappa shape index (κ3) is 0.926. The molecule has 0 unspecified atom stereocenters. The molecule has 0 bridgehead atoms. The Morgan fingerprint density at radius 1 is 1.60 bits per heavy atom. The van der Waals surface area contributed by atoms with Crippen molar-refractivity contribution < 1.29 is 4.79 Å². The average Bonchev–Trinajstić information content (AvgIpc) is 2.36. The summed E-state index contributed by atoms with van der Waals surface area (Å²) in [5.41, 5.74) is 0. The SMILES string of the molecule is O=C1CSC[C@@H]2CCCN12. The fraction of sp³-hybridized carbons (Fsp3) is 0.857. The van der Waals surface area contributed by atoms with Crippen molar-refractivity contribution in [2.75, 3.05) is 18.1 Å². The van der Waals surface area contributed by atoms with Crippen molar-refractivity contribution in [2.45, 2.75) is 18.9 Å². The second-order valence-electron chi connectivity index (χ2n) is 2.90. The summed E-state index contributed by atoms with van der Waals surface area (Å²) in [6.45, 7) is 1.02. The highest BCUT2D eigenvalue weighted by atomic mass is 32.2. The molecule has 0 N–H and O–H groups in total. The van der Waals surface area contributed by atoms with E-state index in [-0.39, 0.29) is 0 Å². The summed E-state index contributed by atoms with van der Waals surface area (Å²) in [6, 6.07) is 0.589. The van der Waals surface area contributed by atoms with Crippen molar-refractivity contribution in [1.82, 2.24) is 4.90 Å². The largest absolute Gasteiger partial charge is 0.338 e. The van der Waals surface area contributed by atoms with Crippen molar-refractivity contribution in [3.8, 4) is 0 Å². The molecule has 0 aromatic heterocycles. The van der Waals surface area contributed by atoms with Gasteiger partial charge in [-0.2, -0.15) is 0 Å². The maximum Gasteiger partial charge on any atom is 0.232 e. The fourth-order valence-electron chi connectivity index (χ4n) is 1.70. The van der Waals surface area contributed by atoms with Crippen LogP contribution in [-0.4, -0.2) is 34.9 Å². The molecule has 2 saturated heterocycles. The van der Waals surface area contributed by atoms with Crippen LogP contribution in [0.25, 0.3) is 0 Å². The zero-order valence-corrected chi connectivity index (χ0v) is 6.69. The van der Waals surface area contributed by atoms with Crippen molar-refractivity contribution in [1.29, 1.82) is 0 Å². The Morgan fingerprint density at radius 3 is 3.30 bits per heavy atom. The third-order valence-electron chi connectivity index (χ3n) is 2.23. The summed E-state index contributed by atoms with van der Waals surface area (Å²) >= 11 is 1.79. The number of fused-ring (bicyclic) bond motifs is 1. The number of carbonyl (C=O) groups is 1. The maximum atomic E-state index is 11.2. The van der Waals surface area contributed by atoms with Gasteiger partial charge in [-0.1, -0.05) is 0 Å². The van der Waals surface area contributed by atoms with Crippen LogP contribution in [0.2, 0.25) is 0 Å². The van der Waals surface area contributed by atoms with Gasteiger partial charge in [0.25, 0.3) is 0 Å². The van der Waals surface area contributed by atoms with E-state index in [1.165, 1.54) is 18.6 Å². The van der Waals surface area contributed by atoms with Gasteiger partial charge in [0.2, 0.25) is 5.91 Å². The standard InChI is InChI=1S/C7H11NOS/c9-7-5-10-4-6-2-1-3-8(6)7/h6H,1-5H2/t6-/m0/s1. The zero-order chi connectivity index (χ0) is 6.97. The quantitative estimate of drug-likeness (QED) is 0.516. The molecule has 2 aliphatic rings. The van der Waals surface area contributed by atoms with Gasteiger partial charge in [0.05, 0.1) is 5.75 Å². The van der Waals surface area contributed by atoms with Crippen LogP contribution in [-0.2, 0) is 4.79 Å². The van der Waals surface area contributed by atoms with E-state index in [1.54, 1.807) is 11.8 Å². The zero-order valence-electron chi connectivity index (χ0n) is 5.88. The summed E-state index contributed by atoms with van der Waals surface area (Å²) < 4.78 is 0. The first-order valence-electron chi connectivity index (χ1n) is 3.75. The molecule has 0 aromatic rings. The normalized spacial score (nSPS) is 32.6. The molecule has 1 amide bonds. The average molecular weight is 157 g/mol. The summed E-state index contributed by atoms with van der Waals surface area (Å²) in [5.74, 6) is 2.25. The predicted molar refractivity (Wildman–Crippen MR) is 42.1 cm³/mol. The van der Waals surface area contributed by atoms with Gasteiger partial charge in [-0.3, -0.25) is 4.79 Å². The van der Waals surface area contributed by atoms with Gasteiger partial charge in [0.15, 0.2) is 0 Å². The lowest BCUT2D eigenvalue weighted by atomic mass is 10.2. The van der Waals surface area contributed by atoms with Gasteiger partial charge in [-0.05, 0) is 12.8 Å². The van der Waals surface area contributed by atoms with E-state index >= 15 is 0 Å². The maximum absolute atomic E-state index is 11.2. The van der Waals surface area contributed by atoms with Gasteiger partial charge < -0.3 is 4.90 Å². The molecule has 0 aromatic carbocycles. The molecular formula is C7H11NOS. The number of amides is 1. The van der Waals surface area contributed by atoms with E-state index in [9.17, 15) is 4.79 Å². The third-order valence-corrected chi connectivity index (χ3v) is 3.30. The minimum atomic E-state index is 0.360. The molecule has 1 atom stereocenters. The fourth-order valence-corrected chi connectivity index (χ4v) is 2.78.